The Labute approximate surface area is 165 Å². The van der Waals surface area contributed by atoms with Crippen LogP contribution in [0, 0.1) is 11.3 Å². The van der Waals surface area contributed by atoms with Crippen molar-refractivity contribution >= 4 is 34.3 Å². The van der Waals surface area contributed by atoms with Crippen LogP contribution in [0.3, 0.4) is 0 Å². The Balaban J connectivity index is 1.42. The van der Waals surface area contributed by atoms with E-state index in [2.05, 4.69) is 37.2 Å². The molecule has 0 radical (unpaired) electrons. The van der Waals surface area contributed by atoms with Crippen LogP contribution in [0.4, 0.5) is 11.8 Å². The summed E-state index contributed by atoms with van der Waals surface area (Å²) in [4.78, 5) is 4.53. The highest BCUT2D eigenvalue weighted by Gasteiger charge is 2.08. The number of nitrogens with one attached hydrogen (secondary N) is 2. The van der Waals surface area contributed by atoms with Gasteiger partial charge in [0.2, 0.25) is 5.95 Å². The highest BCUT2D eigenvalue weighted by molar-refractivity contribution is 6.31. The average molecular weight is 391 g/mol. The molecule has 2 aromatic carbocycles. The number of nitrogens with zero attached hydrogens (tertiary/aromatic N) is 6. The molecule has 0 saturated carbocycles. The number of benzene rings is 2. The Hall–Kier alpha value is -3.70. The Morgan fingerprint density at radius 3 is 2.68 bits per heavy atom. The maximum atomic E-state index is 9.40. The summed E-state index contributed by atoms with van der Waals surface area (Å²) in [5.41, 5.74) is 2.11. The van der Waals surface area contributed by atoms with Gasteiger partial charge in [-0.1, -0.05) is 34.9 Å². The minimum atomic E-state index is 0.524. The van der Waals surface area contributed by atoms with E-state index in [1.807, 2.05) is 30.3 Å². The summed E-state index contributed by atoms with van der Waals surface area (Å²) in [6, 6.07) is 18.8. The molecule has 28 heavy (non-hydrogen) atoms. The van der Waals surface area contributed by atoms with Crippen molar-refractivity contribution in [1.29, 1.82) is 5.26 Å². The summed E-state index contributed by atoms with van der Waals surface area (Å²) in [5, 5.41) is 28.8. The SMILES string of the molecule is N#Cc1cc(NCCNc2nnnn2-c2ccccc2)nc2ccc(Cl)cc12. The first kappa shape index (κ1) is 17.7. The first-order chi connectivity index (χ1) is 13.7. The number of nitriles is 1. The monoisotopic (exact) mass is 390 g/mol. The second-order valence-electron chi connectivity index (χ2n) is 5.93. The topological polar surface area (TPSA) is 104 Å². The summed E-state index contributed by atoms with van der Waals surface area (Å²) in [6.45, 7) is 1.13. The number of aromatic nitrogens is 5. The first-order valence-electron chi connectivity index (χ1n) is 8.56. The third-order valence-corrected chi connectivity index (χ3v) is 4.31. The maximum Gasteiger partial charge on any atom is 0.247 e. The average Bonchev–Trinajstić information content (AvgIpc) is 3.20. The van der Waals surface area contributed by atoms with Crippen LogP contribution < -0.4 is 10.6 Å². The Morgan fingerprint density at radius 2 is 1.86 bits per heavy atom. The molecular formula is C19H15ClN8. The number of para-hydroxylation sites is 1. The van der Waals surface area contributed by atoms with Crippen molar-refractivity contribution in [2.24, 2.45) is 0 Å². The fraction of sp³-hybridized carbons (Fsp3) is 0.105. The number of hydrogen-bond donors (Lipinski definition) is 2. The highest BCUT2D eigenvalue weighted by atomic mass is 35.5. The largest absolute Gasteiger partial charge is 0.368 e. The minimum absolute atomic E-state index is 0.524. The molecule has 2 N–H and O–H groups in total. The molecule has 8 nitrogen and oxygen atoms in total. The van der Waals surface area contributed by atoms with Crippen LogP contribution in [0.2, 0.25) is 5.02 Å². The highest BCUT2D eigenvalue weighted by Crippen LogP contribution is 2.23. The van der Waals surface area contributed by atoms with Crippen molar-refractivity contribution in [3.8, 4) is 11.8 Å². The molecule has 0 aliphatic heterocycles. The van der Waals surface area contributed by atoms with Crippen molar-refractivity contribution < 1.29 is 0 Å². The zero-order chi connectivity index (χ0) is 19.3. The zero-order valence-corrected chi connectivity index (χ0v) is 15.4. The van der Waals surface area contributed by atoms with Crippen LogP contribution in [0.1, 0.15) is 5.56 Å². The Bertz CT molecular complexity index is 1150. The molecule has 2 aromatic heterocycles. The summed E-state index contributed by atoms with van der Waals surface area (Å²) in [6.07, 6.45) is 0. The molecule has 0 spiro atoms. The van der Waals surface area contributed by atoms with Crippen molar-refractivity contribution in [2.45, 2.75) is 0 Å². The number of tetrazole rings is 1. The van der Waals surface area contributed by atoms with E-state index in [1.54, 1.807) is 28.9 Å². The molecule has 0 aliphatic carbocycles. The summed E-state index contributed by atoms with van der Waals surface area (Å²) >= 11 is 6.02. The van der Waals surface area contributed by atoms with Crippen LogP contribution in [-0.2, 0) is 0 Å². The van der Waals surface area contributed by atoms with Gasteiger partial charge in [0.25, 0.3) is 0 Å². The molecule has 0 saturated heterocycles. The molecule has 4 aromatic rings. The lowest BCUT2D eigenvalue weighted by atomic mass is 10.1. The van der Waals surface area contributed by atoms with Gasteiger partial charge in [0.05, 0.1) is 22.8 Å². The number of halogens is 1. The Kier molecular flexibility index (Phi) is 4.99. The molecule has 138 valence electrons. The number of anilines is 2. The molecular weight excluding hydrogens is 376 g/mol. The minimum Gasteiger partial charge on any atom is -0.368 e. The Morgan fingerprint density at radius 1 is 1.04 bits per heavy atom. The van der Waals surface area contributed by atoms with Crippen LogP contribution >= 0.6 is 11.6 Å². The predicted molar refractivity (Wildman–Crippen MR) is 108 cm³/mol. The lowest BCUT2D eigenvalue weighted by molar-refractivity contribution is 0.789. The van der Waals surface area contributed by atoms with Gasteiger partial charge in [-0.15, -0.1) is 0 Å². The molecule has 0 aliphatic rings. The molecule has 0 atom stereocenters. The van der Waals surface area contributed by atoms with Crippen LogP contribution in [0.5, 0.6) is 0 Å². The van der Waals surface area contributed by atoms with Gasteiger partial charge in [-0.25, -0.2) is 4.98 Å². The van der Waals surface area contributed by atoms with Gasteiger partial charge in [0, 0.05) is 23.5 Å². The van der Waals surface area contributed by atoms with E-state index in [1.165, 1.54) is 0 Å². The van der Waals surface area contributed by atoms with Gasteiger partial charge in [0.1, 0.15) is 5.82 Å². The number of pyridine rings is 1. The van der Waals surface area contributed by atoms with Crippen LogP contribution in [0.25, 0.3) is 16.6 Å². The molecule has 2 heterocycles. The van der Waals surface area contributed by atoms with Gasteiger partial charge in [-0.3, -0.25) is 0 Å². The third kappa shape index (κ3) is 3.70. The maximum absolute atomic E-state index is 9.40. The summed E-state index contributed by atoms with van der Waals surface area (Å²) < 4.78 is 1.63. The van der Waals surface area contributed by atoms with Gasteiger partial charge in [-0.2, -0.15) is 9.94 Å². The van der Waals surface area contributed by atoms with Gasteiger partial charge >= 0.3 is 0 Å². The standard InChI is InChI=1S/C19H15ClN8/c20-14-6-7-17-16(11-14)13(12-21)10-18(24-17)22-8-9-23-19-25-26-27-28(19)15-4-2-1-3-5-15/h1-7,10-11H,8-9H2,(H,22,24)(H,23,25,27). The van der Waals surface area contributed by atoms with E-state index >= 15 is 0 Å². The van der Waals surface area contributed by atoms with Crippen molar-refractivity contribution in [1.82, 2.24) is 25.2 Å². The number of hydrogen-bond acceptors (Lipinski definition) is 7. The second-order valence-corrected chi connectivity index (χ2v) is 6.37. The summed E-state index contributed by atoms with van der Waals surface area (Å²) in [7, 11) is 0. The van der Waals surface area contributed by atoms with Crippen molar-refractivity contribution in [2.75, 3.05) is 23.7 Å². The van der Waals surface area contributed by atoms with E-state index in [-0.39, 0.29) is 0 Å². The number of rotatable bonds is 6. The molecule has 0 amide bonds. The number of fused-ring (bicyclic) bond motifs is 1. The third-order valence-electron chi connectivity index (χ3n) is 4.08. The van der Waals surface area contributed by atoms with Crippen LogP contribution in [-0.4, -0.2) is 38.3 Å². The van der Waals surface area contributed by atoms with Gasteiger partial charge in [0.15, 0.2) is 0 Å². The zero-order valence-electron chi connectivity index (χ0n) is 14.7. The predicted octanol–water partition coefficient (Wildman–Crippen LogP) is 3.26. The lowest BCUT2D eigenvalue weighted by Gasteiger charge is -2.10. The summed E-state index contributed by atoms with van der Waals surface area (Å²) in [5.74, 6) is 1.17. The van der Waals surface area contributed by atoms with E-state index in [4.69, 9.17) is 11.6 Å². The molecule has 0 fully saturated rings. The second kappa shape index (κ2) is 7.90. The van der Waals surface area contributed by atoms with Gasteiger partial charge in [-0.05, 0) is 46.8 Å². The smallest absolute Gasteiger partial charge is 0.247 e. The van der Waals surface area contributed by atoms with Crippen molar-refractivity contribution in [3.63, 3.8) is 0 Å². The molecule has 0 unspecified atom stereocenters. The van der Waals surface area contributed by atoms with E-state index < -0.39 is 0 Å². The van der Waals surface area contributed by atoms with Crippen molar-refractivity contribution in [3.05, 3.63) is 65.2 Å². The first-order valence-corrected chi connectivity index (χ1v) is 8.94. The van der Waals surface area contributed by atoms with E-state index in [0.717, 1.165) is 11.1 Å². The fourth-order valence-corrected chi connectivity index (χ4v) is 2.96. The van der Waals surface area contributed by atoms with E-state index in [9.17, 15) is 5.26 Å². The van der Waals surface area contributed by atoms with Gasteiger partial charge < -0.3 is 10.6 Å². The molecule has 4 rings (SSSR count). The lowest BCUT2D eigenvalue weighted by Crippen LogP contribution is -2.17. The van der Waals surface area contributed by atoms with E-state index in [0.29, 0.717) is 41.0 Å². The molecule has 9 heteroatoms. The normalized spacial score (nSPS) is 10.6. The van der Waals surface area contributed by atoms with Crippen LogP contribution in [0.15, 0.2) is 54.6 Å². The fourth-order valence-electron chi connectivity index (χ4n) is 2.79. The molecule has 0 bridgehead atoms. The quantitative estimate of drug-likeness (QED) is 0.487.